The number of hydrogen-bond acceptors (Lipinski definition) is 4. The van der Waals surface area contributed by atoms with Crippen LogP contribution in [0.2, 0.25) is 5.54 Å². The molecule has 5 heteroatoms. The molecule has 0 N–H and O–H groups in total. The van der Waals surface area contributed by atoms with Crippen LogP contribution in [0.5, 0.6) is 11.5 Å². The standard InChI is InChI=1S/C23H30O4Si/c1-24-17-10-11-19-16(14-17)15-21-20(19)12-13-22(25-2)23(21)28(26-3,27-4)18-8-6-5-7-9-18/h10-14,18H,5-9,15H2,1-4H3. The molecule has 1 saturated carbocycles. The number of benzene rings is 2. The summed E-state index contributed by atoms with van der Waals surface area (Å²) in [6.45, 7) is 0. The zero-order valence-corrected chi connectivity index (χ0v) is 18.3. The highest BCUT2D eigenvalue weighted by molar-refractivity contribution is 6.83. The van der Waals surface area contributed by atoms with Gasteiger partial charge in [0.1, 0.15) is 11.5 Å². The first-order chi connectivity index (χ1) is 13.7. The maximum atomic E-state index is 6.34. The van der Waals surface area contributed by atoms with Gasteiger partial charge in [-0.25, -0.2) is 0 Å². The minimum absolute atomic E-state index is 0.454. The van der Waals surface area contributed by atoms with Gasteiger partial charge in [-0.1, -0.05) is 31.4 Å². The minimum Gasteiger partial charge on any atom is -0.497 e. The Kier molecular flexibility index (Phi) is 5.50. The SMILES string of the molecule is COc1ccc2c(c1)Cc1c-2ccc(OC)c1[Si](OC)(OC)C1CCCCC1. The van der Waals surface area contributed by atoms with Crippen molar-refractivity contribution in [3.8, 4) is 22.6 Å². The Morgan fingerprint density at radius 3 is 2.18 bits per heavy atom. The fraction of sp³-hybridized carbons (Fsp3) is 0.478. The Balaban J connectivity index is 1.89. The van der Waals surface area contributed by atoms with Gasteiger partial charge in [-0.05, 0) is 59.7 Å². The summed E-state index contributed by atoms with van der Waals surface area (Å²) in [5, 5.41) is 1.19. The summed E-state index contributed by atoms with van der Waals surface area (Å²) in [4.78, 5) is 0. The van der Waals surface area contributed by atoms with Gasteiger partial charge in [-0.3, -0.25) is 0 Å². The van der Waals surface area contributed by atoms with E-state index in [1.165, 1.54) is 59.5 Å². The fourth-order valence-electron chi connectivity index (χ4n) is 5.22. The second-order valence-electron chi connectivity index (χ2n) is 7.78. The highest BCUT2D eigenvalue weighted by Gasteiger charge is 2.51. The molecule has 0 saturated heterocycles. The molecule has 4 rings (SSSR count). The maximum absolute atomic E-state index is 6.34. The van der Waals surface area contributed by atoms with Crippen molar-refractivity contribution in [1.82, 2.24) is 0 Å². The topological polar surface area (TPSA) is 36.9 Å². The van der Waals surface area contributed by atoms with Crippen LogP contribution >= 0.6 is 0 Å². The third kappa shape index (κ3) is 2.97. The molecule has 0 radical (unpaired) electrons. The molecule has 0 amide bonds. The zero-order valence-electron chi connectivity index (χ0n) is 17.3. The van der Waals surface area contributed by atoms with E-state index in [9.17, 15) is 0 Å². The van der Waals surface area contributed by atoms with Crippen molar-refractivity contribution < 1.29 is 18.3 Å². The number of hydrogen-bond donors (Lipinski definition) is 0. The van der Waals surface area contributed by atoms with Crippen LogP contribution in [0, 0.1) is 0 Å². The van der Waals surface area contributed by atoms with Crippen LogP contribution in [0.3, 0.4) is 0 Å². The van der Waals surface area contributed by atoms with E-state index >= 15 is 0 Å². The zero-order chi connectivity index (χ0) is 19.7. The van der Waals surface area contributed by atoms with Crippen molar-refractivity contribution in [2.45, 2.75) is 44.1 Å². The largest absolute Gasteiger partial charge is 0.497 e. The van der Waals surface area contributed by atoms with E-state index in [2.05, 4.69) is 24.3 Å². The van der Waals surface area contributed by atoms with Crippen LogP contribution in [0.25, 0.3) is 11.1 Å². The lowest BCUT2D eigenvalue weighted by molar-refractivity contribution is 0.230. The summed E-state index contributed by atoms with van der Waals surface area (Å²) < 4.78 is 24.0. The van der Waals surface area contributed by atoms with Crippen LogP contribution in [-0.4, -0.2) is 37.0 Å². The average Bonchev–Trinajstić information content (AvgIpc) is 3.13. The molecule has 0 aromatic heterocycles. The van der Waals surface area contributed by atoms with E-state index in [0.717, 1.165) is 17.9 Å². The molecule has 0 heterocycles. The van der Waals surface area contributed by atoms with Gasteiger partial charge in [-0.15, -0.1) is 0 Å². The summed E-state index contributed by atoms with van der Waals surface area (Å²) in [6, 6.07) is 10.6. The Bertz CT molecular complexity index is 854. The van der Waals surface area contributed by atoms with Gasteiger partial charge < -0.3 is 18.3 Å². The van der Waals surface area contributed by atoms with E-state index in [1.807, 2.05) is 20.3 Å². The first kappa shape index (κ1) is 19.5. The second kappa shape index (κ2) is 7.89. The maximum Gasteiger partial charge on any atom is 0.379 e. The van der Waals surface area contributed by atoms with Gasteiger partial charge >= 0.3 is 8.56 Å². The monoisotopic (exact) mass is 398 g/mol. The highest BCUT2D eigenvalue weighted by atomic mass is 28.4. The summed E-state index contributed by atoms with van der Waals surface area (Å²) in [7, 11) is 4.47. The summed E-state index contributed by atoms with van der Waals surface area (Å²) in [5.74, 6) is 1.80. The molecule has 0 bridgehead atoms. The molecule has 2 aromatic rings. The molecule has 1 fully saturated rings. The molecule has 2 aromatic carbocycles. The molecule has 28 heavy (non-hydrogen) atoms. The average molecular weight is 399 g/mol. The summed E-state index contributed by atoms with van der Waals surface area (Å²) in [5.41, 5.74) is 5.61. The fourth-order valence-corrected chi connectivity index (χ4v) is 9.21. The second-order valence-corrected chi connectivity index (χ2v) is 11.2. The van der Waals surface area contributed by atoms with Crippen molar-refractivity contribution in [2.24, 2.45) is 0 Å². The number of ether oxygens (including phenoxy) is 2. The van der Waals surface area contributed by atoms with Crippen LogP contribution in [0.15, 0.2) is 30.3 Å². The van der Waals surface area contributed by atoms with Crippen molar-refractivity contribution in [3.05, 3.63) is 41.5 Å². The van der Waals surface area contributed by atoms with Crippen LogP contribution < -0.4 is 14.7 Å². The van der Waals surface area contributed by atoms with Crippen LogP contribution in [-0.2, 0) is 15.3 Å². The minimum atomic E-state index is -2.66. The van der Waals surface area contributed by atoms with Gasteiger partial charge in [0.25, 0.3) is 0 Å². The predicted molar refractivity (Wildman–Crippen MR) is 114 cm³/mol. The number of rotatable bonds is 6. The Hall–Kier alpha value is -1.82. The predicted octanol–water partition coefficient (Wildman–Crippen LogP) is 4.55. The first-order valence-electron chi connectivity index (χ1n) is 10.2. The highest BCUT2D eigenvalue weighted by Crippen LogP contribution is 2.44. The molecule has 4 nitrogen and oxygen atoms in total. The molecule has 150 valence electrons. The lowest BCUT2D eigenvalue weighted by Gasteiger charge is -2.39. The smallest absolute Gasteiger partial charge is 0.379 e. The molecule has 2 aliphatic carbocycles. The summed E-state index contributed by atoms with van der Waals surface area (Å²) >= 11 is 0. The van der Waals surface area contributed by atoms with Gasteiger partial charge in [0, 0.05) is 24.9 Å². The van der Waals surface area contributed by atoms with Gasteiger partial charge in [0.2, 0.25) is 0 Å². The first-order valence-corrected chi connectivity index (χ1v) is 12.1. The molecular weight excluding hydrogens is 368 g/mol. The lowest BCUT2D eigenvalue weighted by atomic mass is 10.0. The van der Waals surface area contributed by atoms with Gasteiger partial charge in [0.15, 0.2) is 0 Å². The molecule has 0 atom stereocenters. The number of fused-ring (bicyclic) bond motifs is 3. The van der Waals surface area contributed by atoms with Crippen molar-refractivity contribution in [3.63, 3.8) is 0 Å². The third-order valence-electron chi connectivity index (χ3n) is 6.56. The van der Waals surface area contributed by atoms with Crippen molar-refractivity contribution in [1.29, 1.82) is 0 Å². The molecule has 0 unspecified atom stereocenters. The Labute approximate surface area is 169 Å². The van der Waals surface area contributed by atoms with E-state index in [0.29, 0.717) is 5.54 Å². The van der Waals surface area contributed by atoms with Gasteiger partial charge in [0.05, 0.1) is 14.2 Å². The van der Waals surface area contributed by atoms with Crippen molar-refractivity contribution >= 4 is 13.7 Å². The quantitative estimate of drug-likeness (QED) is 0.571. The third-order valence-corrected chi connectivity index (χ3v) is 10.7. The molecule has 0 spiro atoms. The van der Waals surface area contributed by atoms with Crippen LogP contribution in [0.1, 0.15) is 43.2 Å². The van der Waals surface area contributed by atoms with Crippen molar-refractivity contribution in [2.75, 3.05) is 28.4 Å². The van der Waals surface area contributed by atoms with Gasteiger partial charge in [-0.2, -0.15) is 0 Å². The number of methoxy groups -OCH3 is 2. The van der Waals surface area contributed by atoms with E-state index in [4.69, 9.17) is 18.3 Å². The van der Waals surface area contributed by atoms with E-state index < -0.39 is 8.56 Å². The molecule has 0 aliphatic heterocycles. The molecule has 2 aliphatic rings. The van der Waals surface area contributed by atoms with E-state index in [1.54, 1.807) is 14.2 Å². The molecular formula is C23H30O4Si. The van der Waals surface area contributed by atoms with Crippen LogP contribution in [0.4, 0.5) is 0 Å². The Morgan fingerprint density at radius 2 is 1.54 bits per heavy atom. The summed E-state index contributed by atoms with van der Waals surface area (Å²) in [6.07, 6.45) is 7.01. The Morgan fingerprint density at radius 1 is 0.821 bits per heavy atom. The lowest BCUT2D eigenvalue weighted by Crippen LogP contribution is -2.58. The normalized spacial score (nSPS) is 16.6. The van der Waals surface area contributed by atoms with E-state index in [-0.39, 0.29) is 0 Å².